The molecule has 5 nitrogen and oxygen atoms in total. The van der Waals surface area contributed by atoms with E-state index in [4.69, 9.17) is 0 Å². The Bertz CT molecular complexity index is 700. The Morgan fingerprint density at radius 2 is 1.88 bits per heavy atom. The van der Waals surface area contributed by atoms with Crippen molar-refractivity contribution >= 4 is 11.7 Å². The van der Waals surface area contributed by atoms with Crippen LogP contribution in [0.5, 0.6) is 0 Å². The van der Waals surface area contributed by atoms with Crippen molar-refractivity contribution in [3.8, 4) is 0 Å². The third kappa shape index (κ3) is 4.79. The molecule has 0 unspecified atom stereocenters. The molecule has 1 N–H and O–H groups in total. The first-order chi connectivity index (χ1) is 12.6. The van der Waals surface area contributed by atoms with E-state index in [1.807, 2.05) is 25.1 Å². The lowest BCUT2D eigenvalue weighted by atomic mass is 10.1. The third-order valence-corrected chi connectivity index (χ3v) is 4.84. The average molecular weight is 356 g/mol. The van der Waals surface area contributed by atoms with Crippen molar-refractivity contribution in [1.82, 2.24) is 15.2 Å². The number of rotatable bonds is 6. The molecule has 2 aromatic rings. The fourth-order valence-electron chi connectivity index (χ4n) is 3.17. The number of halogens is 1. The molecule has 1 saturated heterocycles. The number of piperazine rings is 1. The Labute approximate surface area is 153 Å². The molecule has 1 aliphatic rings. The number of hydrogen-bond donors (Lipinski definition) is 1. The first-order valence-electron chi connectivity index (χ1n) is 9.05. The number of nitrogens with zero attached hydrogens (tertiary/aromatic N) is 3. The Morgan fingerprint density at radius 3 is 2.54 bits per heavy atom. The van der Waals surface area contributed by atoms with E-state index in [-0.39, 0.29) is 17.8 Å². The second-order valence-corrected chi connectivity index (χ2v) is 6.55. The maximum absolute atomic E-state index is 12.9. The lowest BCUT2D eigenvalue weighted by molar-refractivity contribution is -0.125. The number of aromatic nitrogens is 1. The number of hydrogen-bond acceptors (Lipinski definition) is 4. The SMILES string of the molecule is C[C@@H](C(=O)NCCc1ccc(F)cc1)N1CCN(c2ccccn2)CC1. The van der Waals surface area contributed by atoms with Gasteiger partial charge in [0.25, 0.3) is 0 Å². The zero-order chi connectivity index (χ0) is 18.4. The van der Waals surface area contributed by atoms with Crippen molar-refractivity contribution in [3.05, 3.63) is 60.0 Å². The van der Waals surface area contributed by atoms with Gasteiger partial charge in [-0.3, -0.25) is 9.69 Å². The monoisotopic (exact) mass is 356 g/mol. The van der Waals surface area contributed by atoms with Crippen LogP contribution in [-0.2, 0) is 11.2 Å². The standard InChI is InChI=1S/C20H25FN4O/c1-16(20(26)23-11-9-17-5-7-18(21)8-6-17)24-12-14-25(15-13-24)19-4-2-3-10-22-19/h2-8,10,16H,9,11-15H2,1H3,(H,23,26)/t16-/m0/s1. The van der Waals surface area contributed by atoms with Crippen LogP contribution in [0.1, 0.15) is 12.5 Å². The van der Waals surface area contributed by atoms with Crippen molar-refractivity contribution in [2.45, 2.75) is 19.4 Å². The maximum Gasteiger partial charge on any atom is 0.237 e. The van der Waals surface area contributed by atoms with Gasteiger partial charge in [0.1, 0.15) is 11.6 Å². The molecule has 1 atom stereocenters. The second kappa shape index (κ2) is 8.76. The number of benzene rings is 1. The first-order valence-corrected chi connectivity index (χ1v) is 9.05. The van der Waals surface area contributed by atoms with Crippen LogP contribution in [0.3, 0.4) is 0 Å². The Balaban J connectivity index is 1.42. The van der Waals surface area contributed by atoms with Gasteiger partial charge in [0.2, 0.25) is 5.91 Å². The number of pyridine rings is 1. The molecule has 6 heteroatoms. The van der Waals surface area contributed by atoms with Gasteiger partial charge in [-0.25, -0.2) is 9.37 Å². The summed E-state index contributed by atoms with van der Waals surface area (Å²) in [6, 6.07) is 12.2. The highest BCUT2D eigenvalue weighted by atomic mass is 19.1. The maximum atomic E-state index is 12.9. The summed E-state index contributed by atoms with van der Waals surface area (Å²) in [5, 5.41) is 2.99. The molecule has 1 fully saturated rings. The van der Waals surface area contributed by atoms with Gasteiger partial charge in [-0.1, -0.05) is 18.2 Å². The van der Waals surface area contributed by atoms with Gasteiger partial charge in [-0.05, 0) is 43.2 Å². The van der Waals surface area contributed by atoms with Gasteiger partial charge in [-0.2, -0.15) is 0 Å². The Kier molecular flexibility index (Phi) is 6.17. The van der Waals surface area contributed by atoms with Crippen LogP contribution in [0, 0.1) is 5.82 Å². The molecule has 138 valence electrons. The summed E-state index contributed by atoms with van der Waals surface area (Å²) in [4.78, 5) is 21.2. The fraction of sp³-hybridized carbons (Fsp3) is 0.400. The van der Waals surface area contributed by atoms with E-state index in [1.165, 1.54) is 12.1 Å². The van der Waals surface area contributed by atoms with E-state index in [0.717, 1.165) is 37.6 Å². The third-order valence-electron chi connectivity index (χ3n) is 4.84. The molecular formula is C20H25FN4O. The Hall–Kier alpha value is -2.47. The zero-order valence-electron chi connectivity index (χ0n) is 15.1. The molecule has 3 rings (SSSR count). The quantitative estimate of drug-likeness (QED) is 0.861. The average Bonchev–Trinajstić information content (AvgIpc) is 2.69. The summed E-state index contributed by atoms with van der Waals surface area (Å²) in [5.41, 5.74) is 1.02. The summed E-state index contributed by atoms with van der Waals surface area (Å²) < 4.78 is 12.9. The fourth-order valence-corrected chi connectivity index (χ4v) is 3.17. The van der Waals surface area contributed by atoms with Crippen molar-refractivity contribution in [1.29, 1.82) is 0 Å². The van der Waals surface area contributed by atoms with Gasteiger partial charge < -0.3 is 10.2 Å². The predicted octanol–water partition coefficient (Wildman–Crippen LogP) is 2.09. The van der Waals surface area contributed by atoms with E-state index < -0.39 is 0 Å². The number of carbonyl (C=O) groups is 1. The summed E-state index contributed by atoms with van der Waals surface area (Å²) in [5.74, 6) is 0.790. The minimum atomic E-state index is -0.240. The lowest BCUT2D eigenvalue weighted by Gasteiger charge is -2.37. The van der Waals surface area contributed by atoms with Crippen LogP contribution >= 0.6 is 0 Å². The molecule has 1 aliphatic heterocycles. The van der Waals surface area contributed by atoms with Gasteiger partial charge in [0.15, 0.2) is 0 Å². The first kappa shape index (κ1) is 18.3. The molecule has 1 aromatic carbocycles. The molecule has 0 bridgehead atoms. The second-order valence-electron chi connectivity index (χ2n) is 6.55. The van der Waals surface area contributed by atoms with Crippen molar-refractivity contribution in [3.63, 3.8) is 0 Å². The number of carbonyl (C=O) groups excluding carboxylic acids is 1. The van der Waals surface area contributed by atoms with E-state index in [9.17, 15) is 9.18 Å². The Morgan fingerprint density at radius 1 is 1.15 bits per heavy atom. The van der Waals surface area contributed by atoms with E-state index >= 15 is 0 Å². The van der Waals surface area contributed by atoms with Crippen molar-refractivity contribution in [2.75, 3.05) is 37.6 Å². The summed E-state index contributed by atoms with van der Waals surface area (Å²) in [6.45, 7) is 5.91. The number of anilines is 1. The van der Waals surface area contributed by atoms with Gasteiger partial charge in [0.05, 0.1) is 6.04 Å². The van der Waals surface area contributed by atoms with Crippen LogP contribution in [0.25, 0.3) is 0 Å². The van der Waals surface area contributed by atoms with Crippen LogP contribution in [0.4, 0.5) is 10.2 Å². The van der Waals surface area contributed by atoms with E-state index in [2.05, 4.69) is 20.1 Å². The minimum absolute atomic E-state index is 0.0402. The molecule has 1 aromatic heterocycles. The summed E-state index contributed by atoms with van der Waals surface area (Å²) in [6.07, 6.45) is 2.51. The van der Waals surface area contributed by atoms with Crippen LogP contribution in [0.15, 0.2) is 48.7 Å². The minimum Gasteiger partial charge on any atom is -0.354 e. The molecular weight excluding hydrogens is 331 g/mol. The largest absolute Gasteiger partial charge is 0.354 e. The molecule has 26 heavy (non-hydrogen) atoms. The van der Waals surface area contributed by atoms with Crippen molar-refractivity contribution in [2.24, 2.45) is 0 Å². The summed E-state index contributed by atoms with van der Waals surface area (Å²) in [7, 11) is 0. The number of nitrogens with one attached hydrogen (secondary N) is 1. The molecule has 2 heterocycles. The van der Waals surface area contributed by atoms with Gasteiger partial charge >= 0.3 is 0 Å². The molecule has 0 aliphatic carbocycles. The molecule has 0 radical (unpaired) electrons. The highest BCUT2D eigenvalue weighted by molar-refractivity contribution is 5.81. The van der Waals surface area contributed by atoms with Crippen LogP contribution in [0.2, 0.25) is 0 Å². The predicted molar refractivity (Wildman–Crippen MR) is 101 cm³/mol. The molecule has 1 amide bonds. The van der Waals surface area contributed by atoms with E-state index in [1.54, 1.807) is 18.3 Å². The zero-order valence-corrected chi connectivity index (χ0v) is 15.1. The van der Waals surface area contributed by atoms with E-state index in [0.29, 0.717) is 13.0 Å². The lowest BCUT2D eigenvalue weighted by Crippen LogP contribution is -2.54. The van der Waals surface area contributed by atoms with Crippen molar-refractivity contribution < 1.29 is 9.18 Å². The highest BCUT2D eigenvalue weighted by Gasteiger charge is 2.25. The molecule has 0 spiro atoms. The normalized spacial score (nSPS) is 16.3. The van der Waals surface area contributed by atoms with Crippen LogP contribution < -0.4 is 10.2 Å². The topological polar surface area (TPSA) is 48.5 Å². The molecule has 0 saturated carbocycles. The summed E-state index contributed by atoms with van der Waals surface area (Å²) >= 11 is 0. The van der Waals surface area contributed by atoms with Gasteiger partial charge in [-0.15, -0.1) is 0 Å². The number of amides is 1. The van der Waals surface area contributed by atoms with Crippen LogP contribution in [-0.4, -0.2) is 54.6 Å². The smallest absolute Gasteiger partial charge is 0.237 e. The highest BCUT2D eigenvalue weighted by Crippen LogP contribution is 2.14. The van der Waals surface area contributed by atoms with Gasteiger partial charge in [0, 0.05) is 38.9 Å².